The summed E-state index contributed by atoms with van der Waals surface area (Å²) in [5, 5.41) is 3.65. The third kappa shape index (κ3) is 4.31. The van der Waals surface area contributed by atoms with Gasteiger partial charge in [-0.2, -0.15) is 0 Å². The zero-order chi connectivity index (χ0) is 24.7. The summed E-state index contributed by atoms with van der Waals surface area (Å²) in [5.74, 6) is -0.0682. The molecule has 3 aromatic heterocycles. The number of rotatable bonds is 4. The van der Waals surface area contributed by atoms with Crippen LogP contribution in [0.5, 0.6) is 5.88 Å². The highest BCUT2D eigenvalue weighted by Gasteiger charge is 2.43. The number of aryl methyl sites for hydroxylation is 3. The van der Waals surface area contributed by atoms with Gasteiger partial charge in [0.25, 0.3) is 0 Å². The molecule has 5 rings (SSSR count). The number of likely N-dealkylation sites (tertiary alicyclic amines) is 1. The Hall–Kier alpha value is -3.62. The topological polar surface area (TPSA) is 93.1 Å². The molecule has 3 aromatic rings. The van der Waals surface area contributed by atoms with Crippen LogP contribution < -0.4 is 10.1 Å². The van der Waals surface area contributed by atoms with Gasteiger partial charge in [-0.25, -0.2) is 14.4 Å². The van der Waals surface area contributed by atoms with Gasteiger partial charge in [0, 0.05) is 42.2 Å². The monoisotopic (exact) mass is 476 g/mol. The van der Waals surface area contributed by atoms with Crippen molar-refractivity contribution >= 4 is 11.7 Å². The molecule has 0 saturated carbocycles. The first-order valence-corrected chi connectivity index (χ1v) is 11.8. The van der Waals surface area contributed by atoms with Gasteiger partial charge in [-0.3, -0.25) is 14.8 Å². The van der Waals surface area contributed by atoms with Crippen LogP contribution in [-0.2, 0) is 11.2 Å². The number of amides is 1. The maximum Gasteiger partial charge on any atom is 0.230 e. The smallest absolute Gasteiger partial charge is 0.230 e. The normalized spacial score (nSPS) is 19.9. The molecular weight excluding hydrogens is 447 g/mol. The van der Waals surface area contributed by atoms with Crippen LogP contribution in [0.4, 0.5) is 10.2 Å². The molecular formula is C26H29FN6O2. The Labute approximate surface area is 204 Å². The average molecular weight is 477 g/mol. The van der Waals surface area contributed by atoms with Crippen LogP contribution in [0.1, 0.15) is 48.2 Å². The number of carbonyl (C=O) groups excluding carboxylic acids is 1. The van der Waals surface area contributed by atoms with Crippen LogP contribution in [0, 0.1) is 19.7 Å². The van der Waals surface area contributed by atoms with E-state index in [4.69, 9.17) is 9.72 Å². The molecule has 0 radical (unpaired) electrons. The molecule has 0 aliphatic carbocycles. The van der Waals surface area contributed by atoms with E-state index in [2.05, 4.69) is 26.3 Å². The molecule has 1 fully saturated rings. The number of pyridine rings is 2. The summed E-state index contributed by atoms with van der Waals surface area (Å²) in [5.41, 5.74) is 4.77. The minimum Gasteiger partial charge on any atom is -0.481 e. The van der Waals surface area contributed by atoms with Crippen LogP contribution in [0.15, 0.2) is 30.7 Å². The van der Waals surface area contributed by atoms with Crippen molar-refractivity contribution in [2.75, 3.05) is 25.5 Å². The van der Waals surface area contributed by atoms with E-state index in [-0.39, 0.29) is 11.4 Å². The second kappa shape index (κ2) is 8.87. The molecule has 8 nitrogen and oxygen atoms in total. The van der Waals surface area contributed by atoms with Gasteiger partial charge in [0.15, 0.2) is 0 Å². The van der Waals surface area contributed by atoms with Crippen molar-refractivity contribution in [3.8, 4) is 17.1 Å². The summed E-state index contributed by atoms with van der Waals surface area (Å²) in [6.45, 7) is 6.80. The van der Waals surface area contributed by atoms with Crippen molar-refractivity contribution in [3.05, 3.63) is 59.1 Å². The number of anilines is 1. The standard InChI is InChI=1S/C26H29FN6O2/c1-15-11-29-22(13-28-15)20-9-18-5-6-26(32-24(18)31-17(20)3)7-8-33(14-26)25(34)16(2)19-10-23(35-4)30-12-21(19)27/h9-13,16H,5-8,14H2,1-4H3,(H,31,32)/t16-,26+/m1/s1. The predicted molar refractivity (Wildman–Crippen MR) is 130 cm³/mol. The van der Waals surface area contributed by atoms with Crippen LogP contribution in [0.2, 0.25) is 0 Å². The molecule has 1 N–H and O–H groups in total. The predicted octanol–water partition coefficient (Wildman–Crippen LogP) is 3.83. The lowest BCUT2D eigenvalue weighted by molar-refractivity contribution is -0.131. The molecule has 2 atom stereocenters. The number of fused-ring (bicyclic) bond motifs is 1. The SMILES string of the molecule is COc1cc([C@@H](C)C(=O)N2CC[C@@]3(CCc4cc(-c5cnc(C)cn5)c(C)nc4N3)C2)c(F)cn1. The van der Waals surface area contributed by atoms with Gasteiger partial charge in [-0.15, -0.1) is 0 Å². The molecule has 2 aliphatic rings. The van der Waals surface area contributed by atoms with E-state index in [1.54, 1.807) is 19.3 Å². The first-order chi connectivity index (χ1) is 16.8. The van der Waals surface area contributed by atoms with Crippen molar-refractivity contribution < 1.29 is 13.9 Å². The minimum atomic E-state index is -0.628. The number of nitrogens with zero attached hydrogens (tertiary/aromatic N) is 5. The van der Waals surface area contributed by atoms with Crippen molar-refractivity contribution in [1.82, 2.24) is 24.8 Å². The minimum absolute atomic E-state index is 0.0981. The van der Waals surface area contributed by atoms with Crippen LogP contribution >= 0.6 is 0 Å². The van der Waals surface area contributed by atoms with Crippen molar-refractivity contribution in [2.45, 2.75) is 51.5 Å². The lowest BCUT2D eigenvalue weighted by Gasteiger charge is -2.36. The fraction of sp³-hybridized carbons (Fsp3) is 0.423. The molecule has 0 aromatic carbocycles. The van der Waals surface area contributed by atoms with Crippen LogP contribution in [0.25, 0.3) is 11.3 Å². The number of hydrogen-bond donors (Lipinski definition) is 1. The van der Waals surface area contributed by atoms with E-state index in [0.29, 0.717) is 24.5 Å². The van der Waals surface area contributed by atoms with Crippen molar-refractivity contribution in [2.24, 2.45) is 0 Å². The number of aromatic nitrogens is 4. The lowest BCUT2D eigenvalue weighted by Crippen LogP contribution is -2.46. The maximum atomic E-state index is 14.4. The molecule has 0 unspecified atom stereocenters. The zero-order valence-electron chi connectivity index (χ0n) is 20.4. The molecule has 9 heteroatoms. The number of carbonyl (C=O) groups is 1. The quantitative estimate of drug-likeness (QED) is 0.612. The zero-order valence-corrected chi connectivity index (χ0v) is 20.4. The number of methoxy groups -OCH3 is 1. The Balaban J connectivity index is 1.33. The second-order valence-electron chi connectivity index (χ2n) is 9.56. The van der Waals surface area contributed by atoms with Gasteiger partial charge in [-0.1, -0.05) is 0 Å². The molecule has 0 bridgehead atoms. The molecule has 35 heavy (non-hydrogen) atoms. The third-order valence-corrected chi connectivity index (χ3v) is 7.18. The Bertz CT molecular complexity index is 1280. The number of halogens is 1. The summed E-state index contributed by atoms with van der Waals surface area (Å²) in [4.78, 5) is 32.7. The fourth-order valence-corrected chi connectivity index (χ4v) is 5.08. The highest BCUT2D eigenvalue weighted by molar-refractivity contribution is 5.84. The van der Waals surface area contributed by atoms with Crippen molar-refractivity contribution in [3.63, 3.8) is 0 Å². The first kappa shape index (κ1) is 23.1. The number of ether oxygens (including phenoxy) is 1. The summed E-state index contributed by atoms with van der Waals surface area (Å²) in [7, 11) is 1.47. The number of hydrogen-bond acceptors (Lipinski definition) is 7. The third-order valence-electron chi connectivity index (χ3n) is 7.18. The van der Waals surface area contributed by atoms with Crippen LogP contribution in [-0.4, -0.2) is 56.5 Å². The second-order valence-corrected chi connectivity index (χ2v) is 9.56. The van der Waals surface area contributed by atoms with E-state index in [1.165, 1.54) is 13.2 Å². The lowest BCUT2D eigenvalue weighted by atomic mass is 9.86. The molecule has 1 amide bonds. The largest absolute Gasteiger partial charge is 0.481 e. The van der Waals surface area contributed by atoms with Gasteiger partial charge < -0.3 is 15.0 Å². The summed E-state index contributed by atoms with van der Waals surface area (Å²) in [6.07, 6.45) is 7.22. The average Bonchev–Trinajstić information content (AvgIpc) is 3.27. The maximum absolute atomic E-state index is 14.4. The molecule has 1 spiro atoms. The molecule has 182 valence electrons. The van der Waals surface area contributed by atoms with Gasteiger partial charge in [0.2, 0.25) is 11.8 Å². The highest BCUT2D eigenvalue weighted by Crippen LogP contribution is 2.39. The van der Waals surface area contributed by atoms with E-state index in [9.17, 15) is 9.18 Å². The molecule has 5 heterocycles. The van der Waals surface area contributed by atoms with Gasteiger partial charge in [-0.05, 0) is 51.7 Å². The number of nitrogens with one attached hydrogen (secondary N) is 1. The van der Waals surface area contributed by atoms with E-state index in [1.807, 2.05) is 18.7 Å². The Morgan fingerprint density at radius 3 is 2.74 bits per heavy atom. The highest BCUT2D eigenvalue weighted by atomic mass is 19.1. The van der Waals surface area contributed by atoms with E-state index >= 15 is 0 Å². The van der Waals surface area contributed by atoms with Gasteiger partial charge in [0.05, 0.1) is 42.3 Å². The van der Waals surface area contributed by atoms with Gasteiger partial charge in [0.1, 0.15) is 11.6 Å². The van der Waals surface area contributed by atoms with Crippen molar-refractivity contribution in [1.29, 1.82) is 0 Å². The first-order valence-electron chi connectivity index (χ1n) is 11.8. The van der Waals surface area contributed by atoms with Gasteiger partial charge >= 0.3 is 0 Å². The summed E-state index contributed by atoms with van der Waals surface area (Å²) < 4.78 is 19.5. The molecule has 1 saturated heterocycles. The van der Waals surface area contributed by atoms with E-state index in [0.717, 1.165) is 59.5 Å². The van der Waals surface area contributed by atoms with E-state index < -0.39 is 11.7 Å². The summed E-state index contributed by atoms with van der Waals surface area (Å²) >= 11 is 0. The Morgan fingerprint density at radius 1 is 1.17 bits per heavy atom. The molecule has 2 aliphatic heterocycles. The Kier molecular flexibility index (Phi) is 5.86. The fourth-order valence-electron chi connectivity index (χ4n) is 5.08. The van der Waals surface area contributed by atoms with Crippen LogP contribution in [0.3, 0.4) is 0 Å². The summed E-state index contributed by atoms with van der Waals surface area (Å²) in [6, 6.07) is 3.65. The Morgan fingerprint density at radius 2 is 2.00 bits per heavy atom.